The molecule has 4 nitrogen and oxygen atoms in total. The van der Waals surface area contributed by atoms with Crippen LogP contribution < -0.4 is 5.32 Å². The van der Waals surface area contributed by atoms with E-state index in [9.17, 15) is 0 Å². The van der Waals surface area contributed by atoms with Crippen molar-refractivity contribution in [2.24, 2.45) is 5.92 Å². The highest BCUT2D eigenvalue weighted by Gasteiger charge is 2.32. The van der Waals surface area contributed by atoms with Crippen molar-refractivity contribution < 1.29 is 4.52 Å². The average molecular weight is 291 g/mol. The summed E-state index contributed by atoms with van der Waals surface area (Å²) >= 11 is 1.68. The normalized spacial score (nSPS) is 16.5. The van der Waals surface area contributed by atoms with Crippen LogP contribution in [0.25, 0.3) is 11.4 Å². The SMILES string of the molecule is CCCNC(Cc1nc(-c2cscc2C)no1)C1CC1. The maximum absolute atomic E-state index is 5.44. The third kappa shape index (κ3) is 3.10. The first kappa shape index (κ1) is 13.8. The Balaban J connectivity index is 1.68. The molecule has 0 aromatic carbocycles. The molecule has 0 amide bonds. The van der Waals surface area contributed by atoms with Gasteiger partial charge in [0.15, 0.2) is 0 Å². The fraction of sp³-hybridized carbons (Fsp3) is 0.600. The molecule has 2 heterocycles. The molecule has 5 heteroatoms. The number of aromatic nitrogens is 2. The van der Waals surface area contributed by atoms with E-state index in [1.165, 1.54) is 18.4 Å². The van der Waals surface area contributed by atoms with Crippen molar-refractivity contribution in [3.63, 3.8) is 0 Å². The number of nitrogens with zero attached hydrogens (tertiary/aromatic N) is 2. The molecule has 1 unspecified atom stereocenters. The molecular formula is C15H21N3OS. The summed E-state index contributed by atoms with van der Waals surface area (Å²) in [6.07, 6.45) is 4.66. The zero-order chi connectivity index (χ0) is 13.9. The molecule has 0 bridgehead atoms. The summed E-state index contributed by atoms with van der Waals surface area (Å²) in [5, 5.41) is 11.9. The first-order valence-electron chi connectivity index (χ1n) is 7.37. The van der Waals surface area contributed by atoms with Gasteiger partial charge in [-0.1, -0.05) is 12.1 Å². The second-order valence-electron chi connectivity index (χ2n) is 5.58. The summed E-state index contributed by atoms with van der Waals surface area (Å²) in [5.41, 5.74) is 2.31. The molecule has 20 heavy (non-hydrogen) atoms. The number of rotatable bonds is 7. The van der Waals surface area contributed by atoms with Gasteiger partial charge in [-0.25, -0.2) is 0 Å². The summed E-state index contributed by atoms with van der Waals surface area (Å²) in [4.78, 5) is 4.56. The maximum Gasteiger partial charge on any atom is 0.228 e. The summed E-state index contributed by atoms with van der Waals surface area (Å²) in [6, 6.07) is 0.492. The second-order valence-corrected chi connectivity index (χ2v) is 6.33. The molecule has 3 rings (SSSR count). The van der Waals surface area contributed by atoms with Crippen LogP contribution in [0.3, 0.4) is 0 Å². The largest absolute Gasteiger partial charge is 0.339 e. The molecule has 1 aliphatic carbocycles. The maximum atomic E-state index is 5.44. The van der Waals surface area contributed by atoms with Gasteiger partial charge in [-0.2, -0.15) is 16.3 Å². The number of hydrogen-bond acceptors (Lipinski definition) is 5. The summed E-state index contributed by atoms with van der Waals surface area (Å²) in [7, 11) is 0. The van der Waals surface area contributed by atoms with Gasteiger partial charge in [-0.3, -0.25) is 0 Å². The predicted octanol–water partition coefficient (Wildman–Crippen LogP) is 3.43. The lowest BCUT2D eigenvalue weighted by Gasteiger charge is -2.15. The number of nitrogens with one attached hydrogen (secondary N) is 1. The highest BCUT2D eigenvalue weighted by Crippen LogP contribution is 2.34. The fourth-order valence-corrected chi connectivity index (χ4v) is 3.29. The minimum Gasteiger partial charge on any atom is -0.339 e. The van der Waals surface area contributed by atoms with Crippen LogP contribution in [0.4, 0.5) is 0 Å². The molecule has 0 radical (unpaired) electrons. The van der Waals surface area contributed by atoms with E-state index in [2.05, 4.69) is 40.1 Å². The first-order valence-corrected chi connectivity index (χ1v) is 8.31. The molecule has 1 N–H and O–H groups in total. The number of aryl methyl sites for hydroxylation is 1. The van der Waals surface area contributed by atoms with Gasteiger partial charge in [0.1, 0.15) is 0 Å². The summed E-state index contributed by atoms with van der Waals surface area (Å²) < 4.78 is 5.44. The lowest BCUT2D eigenvalue weighted by atomic mass is 10.1. The van der Waals surface area contributed by atoms with Crippen molar-refractivity contribution in [2.45, 2.75) is 45.6 Å². The Morgan fingerprint density at radius 2 is 2.30 bits per heavy atom. The van der Waals surface area contributed by atoms with Gasteiger partial charge in [0.05, 0.1) is 0 Å². The fourth-order valence-electron chi connectivity index (χ4n) is 2.46. The standard InChI is InChI=1S/C15H21N3OS/c1-3-6-16-13(11-4-5-11)7-14-17-15(18-19-14)12-9-20-8-10(12)2/h8-9,11,13,16H,3-7H2,1-2H3. The van der Waals surface area contributed by atoms with Gasteiger partial charge in [0.25, 0.3) is 0 Å². The van der Waals surface area contributed by atoms with Crippen molar-refractivity contribution in [2.75, 3.05) is 6.54 Å². The number of thiophene rings is 1. The Bertz CT molecular complexity index is 559. The zero-order valence-electron chi connectivity index (χ0n) is 12.1. The molecule has 0 spiro atoms. The van der Waals surface area contributed by atoms with Crippen LogP contribution in [0, 0.1) is 12.8 Å². The molecule has 0 aliphatic heterocycles. The highest BCUT2D eigenvalue weighted by atomic mass is 32.1. The Morgan fingerprint density at radius 1 is 1.45 bits per heavy atom. The molecule has 2 aromatic heterocycles. The van der Waals surface area contributed by atoms with Crippen LogP contribution in [0.5, 0.6) is 0 Å². The Morgan fingerprint density at radius 3 is 2.95 bits per heavy atom. The Kier molecular flexibility index (Phi) is 4.17. The Hall–Kier alpha value is -1.20. The first-order chi connectivity index (χ1) is 9.78. The molecule has 1 fully saturated rings. The van der Waals surface area contributed by atoms with Crippen LogP contribution >= 0.6 is 11.3 Å². The smallest absolute Gasteiger partial charge is 0.228 e. The van der Waals surface area contributed by atoms with E-state index in [0.717, 1.165) is 42.6 Å². The van der Waals surface area contributed by atoms with Gasteiger partial charge in [0, 0.05) is 23.4 Å². The van der Waals surface area contributed by atoms with E-state index in [1.807, 2.05) is 0 Å². The minimum atomic E-state index is 0.492. The lowest BCUT2D eigenvalue weighted by molar-refractivity contribution is 0.346. The quantitative estimate of drug-likeness (QED) is 0.849. The summed E-state index contributed by atoms with van der Waals surface area (Å²) in [6.45, 7) is 5.34. The average Bonchev–Trinajstić information content (AvgIpc) is 3.04. The topological polar surface area (TPSA) is 51.0 Å². The molecule has 0 saturated heterocycles. The molecular weight excluding hydrogens is 270 g/mol. The Labute approximate surface area is 123 Å². The van der Waals surface area contributed by atoms with E-state index >= 15 is 0 Å². The van der Waals surface area contributed by atoms with Crippen molar-refractivity contribution >= 4 is 11.3 Å². The van der Waals surface area contributed by atoms with E-state index in [1.54, 1.807) is 11.3 Å². The van der Waals surface area contributed by atoms with Gasteiger partial charge in [-0.15, -0.1) is 0 Å². The lowest BCUT2D eigenvalue weighted by Crippen LogP contribution is -2.33. The van der Waals surface area contributed by atoms with Crippen LogP contribution in [0.15, 0.2) is 15.3 Å². The van der Waals surface area contributed by atoms with Crippen molar-refractivity contribution in [3.8, 4) is 11.4 Å². The molecule has 1 aliphatic rings. The van der Waals surface area contributed by atoms with E-state index in [-0.39, 0.29) is 0 Å². The van der Waals surface area contributed by atoms with Gasteiger partial charge in [-0.05, 0) is 49.6 Å². The van der Waals surface area contributed by atoms with Gasteiger partial charge >= 0.3 is 0 Å². The van der Waals surface area contributed by atoms with Crippen molar-refractivity contribution in [1.82, 2.24) is 15.5 Å². The van der Waals surface area contributed by atoms with Crippen LogP contribution in [0.1, 0.15) is 37.6 Å². The predicted molar refractivity (Wildman–Crippen MR) is 80.9 cm³/mol. The van der Waals surface area contributed by atoms with Gasteiger partial charge < -0.3 is 9.84 Å². The van der Waals surface area contributed by atoms with Crippen molar-refractivity contribution in [1.29, 1.82) is 0 Å². The van der Waals surface area contributed by atoms with Gasteiger partial charge in [0.2, 0.25) is 11.7 Å². The van der Waals surface area contributed by atoms with Crippen LogP contribution in [0.2, 0.25) is 0 Å². The van der Waals surface area contributed by atoms with Crippen molar-refractivity contribution in [3.05, 3.63) is 22.2 Å². The highest BCUT2D eigenvalue weighted by molar-refractivity contribution is 7.08. The van der Waals surface area contributed by atoms with E-state index in [0.29, 0.717) is 6.04 Å². The molecule has 2 aromatic rings. The third-order valence-electron chi connectivity index (χ3n) is 3.81. The molecule has 1 saturated carbocycles. The number of hydrogen-bond donors (Lipinski definition) is 1. The van der Waals surface area contributed by atoms with E-state index in [4.69, 9.17) is 4.52 Å². The van der Waals surface area contributed by atoms with Crippen LogP contribution in [-0.2, 0) is 6.42 Å². The monoisotopic (exact) mass is 291 g/mol. The third-order valence-corrected chi connectivity index (χ3v) is 4.67. The zero-order valence-corrected chi connectivity index (χ0v) is 12.9. The van der Waals surface area contributed by atoms with Crippen LogP contribution in [-0.4, -0.2) is 22.7 Å². The molecule has 1 atom stereocenters. The minimum absolute atomic E-state index is 0.492. The van der Waals surface area contributed by atoms with E-state index < -0.39 is 0 Å². The summed E-state index contributed by atoms with van der Waals surface area (Å²) in [5.74, 6) is 2.27. The second kappa shape index (κ2) is 6.06. The molecule has 108 valence electrons.